The fourth-order valence-electron chi connectivity index (χ4n) is 2.34. The van der Waals surface area contributed by atoms with Gasteiger partial charge in [-0.2, -0.15) is 0 Å². The Morgan fingerprint density at radius 1 is 1.14 bits per heavy atom. The Morgan fingerprint density at radius 3 is 2.71 bits per heavy atom. The first kappa shape index (κ1) is 13.5. The topological polar surface area (TPSA) is 50.9 Å². The summed E-state index contributed by atoms with van der Waals surface area (Å²) in [6, 6.07) is 8.60. The zero-order valence-corrected chi connectivity index (χ0v) is 11.3. The summed E-state index contributed by atoms with van der Waals surface area (Å²) in [5.74, 6) is 0.127. The lowest BCUT2D eigenvalue weighted by atomic mass is 10.2. The molecule has 0 aliphatic carbocycles. The maximum Gasteiger partial charge on any atom is 0.234 e. The van der Waals surface area contributed by atoms with E-state index in [9.17, 15) is 4.39 Å². The second-order valence-electron chi connectivity index (χ2n) is 4.56. The van der Waals surface area contributed by atoms with Crippen LogP contribution in [0.4, 0.5) is 4.39 Å². The van der Waals surface area contributed by atoms with Gasteiger partial charge in [-0.15, -0.1) is 0 Å². The Kier molecular flexibility index (Phi) is 3.75. The van der Waals surface area contributed by atoms with Crippen molar-refractivity contribution in [1.82, 2.24) is 14.5 Å². The van der Waals surface area contributed by atoms with Crippen LogP contribution in [0.25, 0.3) is 16.9 Å². The average molecular weight is 283 g/mol. The molecular formula is C16H14FN3O. The van der Waals surface area contributed by atoms with Crippen molar-refractivity contribution in [3.8, 4) is 5.95 Å². The predicted octanol–water partition coefficient (Wildman–Crippen LogP) is 2.65. The normalized spacial score (nSPS) is 11.5. The summed E-state index contributed by atoms with van der Waals surface area (Å²) in [6.45, 7) is -0.0174. The van der Waals surface area contributed by atoms with Crippen LogP contribution in [-0.2, 0) is 6.42 Å². The SMILES string of the molecule is OC/C=C/Cc1cc2cccc(F)c2n1-c1ncccn1. The van der Waals surface area contributed by atoms with Crippen LogP contribution in [0.15, 0.2) is 54.9 Å². The highest BCUT2D eigenvalue weighted by atomic mass is 19.1. The van der Waals surface area contributed by atoms with Crippen LogP contribution in [0.3, 0.4) is 0 Å². The third-order valence-corrected chi connectivity index (χ3v) is 3.20. The highest BCUT2D eigenvalue weighted by molar-refractivity contribution is 5.83. The van der Waals surface area contributed by atoms with Crippen molar-refractivity contribution in [1.29, 1.82) is 0 Å². The number of aliphatic hydroxyl groups excluding tert-OH is 1. The number of rotatable bonds is 4. The Morgan fingerprint density at radius 2 is 1.95 bits per heavy atom. The first-order chi connectivity index (χ1) is 10.3. The van der Waals surface area contributed by atoms with Gasteiger partial charge in [0.2, 0.25) is 5.95 Å². The highest BCUT2D eigenvalue weighted by Gasteiger charge is 2.14. The van der Waals surface area contributed by atoms with E-state index in [2.05, 4.69) is 9.97 Å². The number of para-hydroxylation sites is 1. The summed E-state index contributed by atoms with van der Waals surface area (Å²) in [7, 11) is 0. The van der Waals surface area contributed by atoms with Crippen LogP contribution < -0.4 is 0 Å². The molecule has 3 rings (SSSR count). The largest absolute Gasteiger partial charge is 0.392 e. The van der Waals surface area contributed by atoms with E-state index in [1.165, 1.54) is 6.07 Å². The van der Waals surface area contributed by atoms with Gasteiger partial charge in [0.1, 0.15) is 5.82 Å². The van der Waals surface area contributed by atoms with E-state index >= 15 is 0 Å². The predicted molar refractivity (Wildman–Crippen MR) is 78.8 cm³/mol. The summed E-state index contributed by atoms with van der Waals surface area (Å²) >= 11 is 0. The molecule has 5 heteroatoms. The fourth-order valence-corrected chi connectivity index (χ4v) is 2.34. The average Bonchev–Trinajstić information content (AvgIpc) is 2.88. The fraction of sp³-hybridized carbons (Fsp3) is 0.125. The minimum absolute atomic E-state index is 0.0174. The number of aromatic nitrogens is 3. The van der Waals surface area contributed by atoms with Gasteiger partial charge >= 0.3 is 0 Å². The number of hydrogen-bond acceptors (Lipinski definition) is 3. The lowest BCUT2D eigenvalue weighted by Gasteiger charge is -2.07. The Bertz CT molecular complexity index is 781. The smallest absolute Gasteiger partial charge is 0.234 e. The summed E-state index contributed by atoms with van der Waals surface area (Å²) in [5.41, 5.74) is 1.34. The van der Waals surface area contributed by atoms with Gasteiger partial charge in [0.05, 0.1) is 12.1 Å². The molecule has 2 aromatic heterocycles. The van der Waals surface area contributed by atoms with E-state index in [0.29, 0.717) is 17.9 Å². The van der Waals surface area contributed by atoms with Gasteiger partial charge in [-0.05, 0) is 18.2 Å². The summed E-state index contributed by atoms with van der Waals surface area (Å²) < 4.78 is 15.9. The maximum absolute atomic E-state index is 14.2. The van der Waals surface area contributed by atoms with E-state index in [4.69, 9.17) is 5.11 Å². The third-order valence-electron chi connectivity index (χ3n) is 3.20. The molecule has 4 nitrogen and oxygen atoms in total. The van der Waals surface area contributed by atoms with E-state index in [1.54, 1.807) is 35.2 Å². The van der Waals surface area contributed by atoms with Crippen LogP contribution in [0.5, 0.6) is 0 Å². The second-order valence-corrected chi connectivity index (χ2v) is 4.56. The number of fused-ring (bicyclic) bond motifs is 1. The molecule has 0 amide bonds. The van der Waals surface area contributed by atoms with Crippen LogP contribution >= 0.6 is 0 Å². The van der Waals surface area contributed by atoms with Crippen molar-refractivity contribution >= 4 is 10.9 Å². The zero-order chi connectivity index (χ0) is 14.7. The number of allylic oxidation sites excluding steroid dienone is 1. The summed E-state index contributed by atoms with van der Waals surface area (Å²) in [4.78, 5) is 8.43. The molecule has 0 aliphatic heterocycles. The van der Waals surface area contributed by atoms with Crippen LogP contribution in [0.2, 0.25) is 0 Å². The van der Waals surface area contributed by atoms with Gasteiger partial charge in [0.15, 0.2) is 0 Å². The lowest BCUT2D eigenvalue weighted by molar-refractivity contribution is 0.342. The summed E-state index contributed by atoms with van der Waals surface area (Å²) in [6.07, 6.45) is 7.31. The standard InChI is InChI=1S/C16H14FN3O/c17-14-7-3-5-12-11-13(6-1-2-10-21)20(15(12)14)16-18-8-4-9-19-16/h1-5,7-9,11,21H,6,10H2/b2-1+. The molecule has 0 aliphatic rings. The van der Waals surface area contributed by atoms with Gasteiger partial charge in [-0.1, -0.05) is 24.3 Å². The molecule has 0 saturated heterocycles. The van der Waals surface area contributed by atoms with Crippen molar-refractivity contribution in [2.24, 2.45) is 0 Å². The monoisotopic (exact) mass is 283 g/mol. The molecule has 1 aromatic carbocycles. The molecule has 0 atom stereocenters. The third kappa shape index (κ3) is 2.55. The number of hydrogen-bond donors (Lipinski definition) is 1. The molecule has 3 aromatic rings. The van der Waals surface area contributed by atoms with Gasteiger partial charge < -0.3 is 5.11 Å². The Hall–Kier alpha value is -2.53. The molecule has 106 valence electrons. The maximum atomic E-state index is 14.2. The van der Waals surface area contributed by atoms with Gasteiger partial charge in [-0.25, -0.2) is 14.4 Å². The molecule has 0 radical (unpaired) electrons. The van der Waals surface area contributed by atoms with Crippen LogP contribution in [-0.4, -0.2) is 26.2 Å². The van der Waals surface area contributed by atoms with Gasteiger partial charge in [0.25, 0.3) is 0 Å². The molecule has 0 spiro atoms. The Balaban J connectivity index is 2.22. The highest BCUT2D eigenvalue weighted by Crippen LogP contribution is 2.25. The molecule has 0 fully saturated rings. The molecule has 21 heavy (non-hydrogen) atoms. The van der Waals surface area contributed by atoms with E-state index in [1.807, 2.05) is 18.2 Å². The van der Waals surface area contributed by atoms with Crippen molar-refractivity contribution in [3.63, 3.8) is 0 Å². The minimum Gasteiger partial charge on any atom is -0.392 e. The van der Waals surface area contributed by atoms with E-state index in [-0.39, 0.29) is 12.4 Å². The first-order valence-electron chi connectivity index (χ1n) is 6.63. The van der Waals surface area contributed by atoms with Crippen LogP contribution in [0, 0.1) is 5.82 Å². The van der Waals surface area contributed by atoms with Crippen molar-refractivity contribution in [3.05, 3.63) is 66.4 Å². The van der Waals surface area contributed by atoms with Gasteiger partial charge in [0, 0.05) is 29.9 Å². The van der Waals surface area contributed by atoms with E-state index in [0.717, 1.165) is 11.1 Å². The van der Waals surface area contributed by atoms with Gasteiger partial charge in [-0.3, -0.25) is 4.57 Å². The molecule has 0 saturated carbocycles. The van der Waals surface area contributed by atoms with E-state index < -0.39 is 0 Å². The van der Waals surface area contributed by atoms with Crippen molar-refractivity contribution < 1.29 is 9.50 Å². The quantitative estimate of drug-likeness (QED) is 0.749. The number of halogens is 1. The minimum atomic E-state index is -0.308. The molecular weight excluding hydrogens is 269 g/mol. The number of benzene rings is 1. The number of nitrogens with zero attached hydrogens (tertiary/aromatic N) is 3. The van der Waals surface area contributed by atoms with Crippen molar-refractivity contribution in [2.45, 2.75) is 6.42 Å². The number of aliphatic hydroxyl groups is 1. The second kappa shape index (κ2) is 5.85. The van der Waals surface area contributed by atoms with Crippen molar-refractivity contribution in [2.75, 3.05) is 6.61 Å². The zero-order valence-electron chi connectivity index (χ0n) is 11.3. The molecule has 0 bridgehead atoms. The first-order valence-corrected chi connectivity index (χ1v) is 6.63. The summed E-state index contributed by atoms with van der Waals surface area (Å²) in [5, 5.41) is 9.64. The van der Waals surface area contributed by atoms with Crippen LogP contribution in [0.1, 0.15) is 5.69 Å². The molecule has 0 unspecified atom stereocenters. The molecule has 2 heterocycles. The lowest BCUT2D eigenvalue weighted by Crippen LogP contribution is -2.04. The Labute approximate surface area is 121 Å². The molecule has 1 N–H and O–H groups in total.